The zero-order chi connectivity index (χ0) is 12.5. The largest absolute Gasteiger partial charge is 0.373 e. The third-order valence-electron chi connectivity index (χ3n) is 3.68. The van der Waals surface area contributed by atoms with Gasteiger partial charge >= 0.3 is 0 Å². The average Bonchev–Trinajstić information content (AvgIpc) is 2.72. The summed E-state index contributed by atoms with van der Waals surface area (Å²) in [5, 5.41) is 4.19. The summed E-state index contributed by atoms with van der Waals surface area (Å²) in [6.07, 6.45) is 2.22. The predicted molar refractivity (Wildman–Crippen MR) is 71.6 cm³/mol. The Labute approximate surface area is 108 Å². The van der Waals surface area contributed by atoms with E-state index in [0.29, 0.717) is 0 Å². The fourth-order valence-electron chi connectivity index (χ4n) is 2.64. The lowest BCUT2D eigenvalue weighted by atomic mass is 9.87. The highest BCUT2D eigenvalue weighted by Crippen LogP contribution is 2.38. The molecule has 3 heteroatoms. The smallest absolute Gasteiger partial charge is 0.0849 e. The lowest BCUT2D eigenvalue weighted by molar-refractivity contribution is -0.0104. The Kier molecular flexibility index (Phi) is 3.76. The van der Waals surface area contributed by atoms with Gasteiger partial charge in [-0.25, -0.2) is 0 Å². The van der Waals surface area contributed by atoms with Gasteiger partial charge in [-0.15, -0.1) is 0 Å². The topological polar surface area (TPSA) is 21.3 Å². The van der Waals surface area contributed by atoms with Crippen LogP contribution < -0.4 is 5.32 Å². The first-order valence-corrected chi connectivity index (χ1v) is 6.52. The van der Waals surface area contributed by atoms with Crippen LogP contribution in [0.25, 0.3) is 0 Å². The molecule has 2 rings (SSSR count). The van der Waals surface area contributed by atoms with Gasteiger partial charge in [-0.1, -0.05) is 23.7 Å². The van der Waals surface area contributed by atoms with Crippen molar-refractivity contribution < 1.29 is 4.74 Å². The van der Waals surface area contributed by atoms with E-state index in [1.807, 2.05) is 20.0 Å². The lowest BCUT2D eigenvalue weighted by Gasteiger charge is -2.33. The second-order valence-electron chi connectivity index (χ2n) is 4.99. The van der Waals surface area contributed by atoms with E-state index in [-0.39, 0.29) is 11.6 Å². The molecular formula is C14H20ClNO. The number of halogens is 1. The first kappa shape index (κ1) is 12.9. The van der Waals surface area contributed by atoms with Crippen molar-refractivity contribution in [1.29, 1.82) is 0 Å². The minimum Gasteiger partial charge on any atom is -0.373 e. The molecule has 0 aromatic heterocycles. The summed E-state index contributed by atoms with van der Waals surface area (Å²) < 4.78 is 5.91. The normalized spacial score (nSPS) is 26.1. The maximum Gasteiger partial charge on any atom is 0.0849 e. The van der Waals surface area contributed by atoms with Crippen LogP contribution in [0, 0.1) is 6.92 Å². The van der Waals surface area contributed by atoms with E-state index in [1.165, 1.54) is 5.56 Å². The second-order valence-corrected chi connectivity index (χ2v) is 5.40. The molecular weight excluding hydrogens is 234 g/mol. The van der Waals surface area contributed by atoms with Crippen LogP contribution in [-0.4, -0.2) is 19.3 Å². The van der Waals surface area contributed by atoms with Crippen molar-refractivity contribution in [3.63, 3.8) is 0 Å². The Morgan fingerprint density at radius 2 is 2.24 bits per heavy atom. The number of nitrogens with one attached hydrogen (secondary N) is 1. The number of ether oxygens (including phenoxy) is 1. The molecule has 1 heterocycles. The molecule has 2 atom stereocenters. The van der Waals surface area contributed by atoms with Crippen molar-refractivity contribution in [3.05, 3.63) is 34.3 Å². The molecule has 1 aromatic rings. The molecule has 2 nitrogen and oxygen atoms in total. The molecule has 0 radical (unpaired) electrons. The monoisotopic (exact) mass is 253 g/mol. The quantitative estimate of drug-likeness (QED) is 0.891. The van der Waals surface area contributed by atoms with Crippen molar-refractivity contribution in [2.24, 2.45) is 0 Å². The summed E-state index contributed by atoms with van der Waals surface area (Å²) in [5.41, 5.74) is 2.20. The number of rotatable bonds is 3. The zero-order valence-corrected chi connectivity index (χ0v) is 11.5. The van der Waals surface area contributed by atoms with Gasteiger partial charge in [0.05, 0.1) is 11.6 Å². The lowest BCUT2D eigenvalue weighted by Crippen LogP contribution is -2.39. The van der Waals surface area contributed by atoms with E-state index in [2.05, 4.69) is 24.4 Å². The van der Waals surface area contributed by atoms with Crippen LogP contribution in [0.4, 0.5) is 0 Å². The molecule has 0 amide bonds. The minimum atomic E-state index is -0.118. The molecule has 94 valence electrons. The van der Waals surface area contributed by atoms with Crippen LogP contribution in [0.15, 0.2) is 18.2 Å². The molecule has 1 aliphatic rings. The first-order chi connectivity index (χ1) is 8.07. The number of aryl methyl sites for hydroxylation is 1. The highest BCUT2D eigenvalue weighted by molar-refractivity contribution is 6.31. The van der Waals surface area contributed by atoms with E-state index in [4.69, 9.17) is 16.3 Å². The fourth-order valence-corrected chi connectivity index (χ4v) is 2.83. The summed E-state index contributed by atoms with van der Waals surface area (Å²) in [4.78, 5) is 0. The molecule has 0 bridgehead atoms. The molecule has 1 aromatic carbocycles. The average molecular weight is 254 g/mol. The van der Waals surface area contributed by atoms with Crippen molar-refractivity contribution in [3.8, 4) is 0 Å². The van der Waals surface area contributed by atoms with Gasteiger partial charge in [0.15, 0.2) is 0 Å². The standard InChI is InChI=1S/C14H20ClNO/c1-10-5-6-11(9-12(10)15)13(16-3)14(2)7-4-8-17-14/h5-6,9,13,16H,4,7-8H2,1-3H3. The SMILES string of the molecule is CNC(c1ccc(C)c(Cl)c1)C1(C)CCCO1. The molecule has 0 aliphatic carbocycles. The number of hydrogen-bond acceptors (Lipinski definition) is 2. The van der Waals surface area contributed by atoms with Gasteiger partial charge in [0.1, 0.15) is 0 Å². The minimum absolute atomic E-state index is 0.118. The summed E-state index contributed by atoms with van der Waals surface area (Å²) >= 11 is 6.20. The molecule has 1 aliphatic heterocycles. The summed E-state index contributed by atoms with van der Waals surface area (Å²) in [6.45, 7) is 5.05. The van der Waals surface area contributed by atoms with Gasteiger partial charge < -0.3 is 10.1 Å². The van der Waals surface area contributed by atoms with Gasteiger partial charge in [0.2, 0.25) is 0 Å². The molecule has 1 fully saturated rings. The van der Waals surface area contributed by atoms with Crippen LogP contribution >= 0.6 is 11.6 Å². The predicted octanol–water partition coefficient (Wildman–Crippen LogP) is 3.48. The van der Waals surface area contributed by atoms with Crippen LogP contribution in [0.2, 0.25) is 5.02 Å². The van der Waals surface area contributed by atoms with Crippen molar-refractivity contribution in [2.45, 2.75) is 38.3 Å². The maximum atomic E-state index is 6.20. The van der Waals surface area contributed by atoms with Crippen molar-refractivity contribution in [1.82, 2.24) is 5.32 Å². The number of likely N-dealkylation sites (N-methyl/N-ethyl adjacent to an activating group) is 1. The van der Waals surface area contributed by atoms with E-state index in [1.54, 1.807) is 0 Å². The fraction of sp³-hybridized carbons (Fsp3) is 0.571. The Morgan fingerprint density at radius 1 is 1.47 bits per heavy atom. The van der Waals surface area contributed by atoms with Gasteiger partial charge in [-0.2, -0.15) is 0 Å². The Bertz CT molecular complexity index is 399. The third kappa shape index (κ3) is 2.49. The van der Waals surface area contributed by atoms with Crippen LogP contribution in [0.1, 0.15) is 36.9 Å². The van der Waals surface area contributed by atoms with Crippen LogP contribution in [0.3, 0.4) is 0 Å². The first-order valence-electron chi connectivity index (χ1n) is 6.14. The molecule has 0 spiro atoms. The van der Waals surface area contributed by atoms with Gasteiger partial charge in [0, 0.05) is 11.6 Å². The number of hydrogen-bond donors (Lipinski definition) is 1. The molecule has 1 saturated heterocycles. The Balaban J connectivity index is 2.31. The number of benzene rings is 1. The van der Waals surface area contributed by atoms with Crippen LogP contribution in [0.5, 0.6) is 0 Å². The molecule has 2 unspecified atom stereocenters. The van der Waals surface area contributed by atoms with Gasteiger partial charge in [-0.3, -0.25) is 0 Å². The highest BCUT2D eigenvalue weighted by Gasteiger charge is 2.38. The van der Waals surface area contributed by atoms with Crippen molar-refractivity contribution in [2.75, 3.05) is 13.7 Å². The maximum absolute atomic E-state index is 6.20. The Morgan fingerprint density at radius 3 is 2.76 bits per heavy atom. The highest BCUT2D eigenvalue weighted by atomic mass is 35.5. The van der Waals surface area contributed by atoms with E-state index in [0.717, 1.165) is 30.0 Å². The summed E-state index contributed by atoms with van der Waals surface area (Å²) in [6, 6.07) is 6.45. The van der Waals surface area contributed by atoms with Crippen molar-refractivity contribution >= 4 is 11.6 Å². The summed E-state index contributed by atoms with van der Waals surface area (Å²) in [7, 11) is 1.98. The van der Waals surface area contributed by atoms with E-state index in [9.17, 15) is 0 Å². The summed E-state index contributed by atoms with van der Waals surface area (Å²) in [5.74, 6) is 0. The third-order valence-corrected chi connectivity index (χ3v) is 4.09. The van der Waals surface area contributed by atoms with Gasteiger partial charge in [-0.05, 0) is 50.9 Å². The molecule has 1 N–H and O–H groups in total. The second kappa shape index (κ2) is 4.97. The van der Waals surface area contributed by atoms with E-state index >= 15 is 0 Å². The Hall–Kier alpha value is -0.570. The molecule has 0 saturated carbocycles. The van der Waals surface area contributed by atoms with E-state index < -0.39 is 0 Å². The zero-order valence-electron chi connectivity index (χ0n) is 10.7. The van der Waals surface area contributed by atoms with Crippen LogP contribution in [-0.2, 0) is 4.74 Å². The van der Waals surface area contributed by atoms with Gasteiger partial charge in [0.25, 0.3) is 0 Å². The molecule has 17 heavy (non-hydrogen) atoms.